The Labute approximate surface area is 114 Å². The molecule has 0 atom stereocenters. The van der Waals surface area contributed by atoms with Gasteiger partial charge in [0, 0.05) is 32.7 Å². The number of aromatic nitrogens is 2. The van der Waals surface area contributed by atoms with E-state index in [1.807, 2.05) is 6.92 Å². The standard InChI is InChI=1S/C10H18N4O2S.ClH/c1-2-7-14-10(3-4-12-14)17(15,16)13-8-5-11-6-9-13;/h3-4,11H,2,5-9H2,1H3;1H. The van der Waals surface area contributed by atoms with Crippen molar-refractivity contribution in [3.05, 3.63) is 12.3 Å². The van der Waals surface area contributed by atoms with Gasteiger partial charge in [-0.05, 0) is 12.5 Å². The third kappa shape index (κ3) is 3.03. The first kappa shape index (κ1) is 15.4. The maximum absolute atomic E-state index is 12.4. The number of hydrogen-bond acceptors (Lipinski definition) is 4. The van der Waals surface area contributed by atoms with Crippen molar-refractivity contribution in [1.29, 1.82) is 0 Å². The van der Waals surface area contributed by atoms with E-state index in [9.17, 15) is 8.42 Å². The maximum Gasteiger partial charge on any atom is 0.260 e. The zero-order valence-electron chi connectivity index (χ0n) is 10.4. The topological polar surface area (TPSA) is 67.2 Å². The van der Waals surface area contributed by atoms with Crippen LogP contribution in [0.2, 0.25) is 0 Å². The summed E-state index contributed by atoms with van der Waals surface area (Å²) in [5, 5.41) is 7.51. The minimum atomic E-state index is -3.38. The number of rotatable bonds is 4. The molecule has 0 aliphatic carbocycles. The van der Waals surface area contributed by atoms with Gasteiger partial charge in [0.1, 0.15) is 0 Å². The third-order valence-electron chi connectivity index (χ3n) is 2.79. The van der Waals surface area contributed by atoms with Crippen molar-refractivity contribution in [3.8, 4) is 0 Å². The maximum atomic E-state index is 12.4. The Kier molecular flexibility index (Phi) is 5.58. The smallest absolute Gasteiger partial charge is 0.260 e. The van der Waals surface area contributed by atoms with Crippen molar-refractivity contribution in [3.63, 3.8) is 0 Å². The first-order valence-electron chi connectivity index (χ1n) is 5.89. The molecule has 0 spiro atoms. The fraction of sp³-hybridized carbons (Fsp3) is 0.700. The number of halogens is 1. The Hall–Kier alpha value is -0.630. The SMILES string of the molecule is CCCn1nccc1S(=O)(=O)N1CCNCC1.Cl. The van der Waals surface area contributed by atoms with E-state index in [-0.39, 0.29) is 12.4 Å². The summed E-state index contributed by atoms with van der Waals surface area (Å²) in [5.74, 6) is 0. The van der Waals surface area contributed by atoms with Crippen LogP contribution in [0, 0.1) is 0 Å². The summed E-state index contributed by atoms with van der Waals surface area (Å²) in [5.41, 5.74) is 0. The highest BCUT2D eigenvalue weighted by molar-refractivity contribution is 7.89. The first-order chi connectivity index (χ1) is 8.16. The van der Waals surface area contributed by atoms with Gasteiger partial charge in [-0.2, -0.15) is 9.40 Å². The Balaban J connectivity index is 0.00000162. The van der Waals surface area contributed by atoms with Crippen LogP contribution in [0.3, 0.4) is 0 Å². The lowest BCUT2D eigenvalue weighted by Gasteiger charge is -2.26. The number of nitrogens with one attached hydrogen (secondary N) is 1. The zero-order valence-corrected chi connectivity index (χ0v) is 12.0. The molecular formula is C10H19ClN4O2S. The molecule has 6 nitrogen and oxygen atoms in total. The van der Waals surface area contributed by atoms with Crippen LogP contribution >= 0.6 is 12.4 Å². The number of nitrogens with zero attached hydrogens (tertiary/aromatic N) is 3. The van der Waals surface area contributed by atoms with Crippen molar-refractivity contribution < 1.29 is 8.42 Å². The van der Waals surface area contributed by atoms with Crippen LogP contribution in [-0.2, 0) is 16.6 Å². The second-order valence-corrected chi connectivity index (χ2v) is 5.93. The summed E-state index contributed by atoms with van der Waals surface area (Å²) < 4.78 is 27.8. The van der Waals surface area contributed by atoms with Crippen LogP contribution in [-0.4, -0.2) is 48.7 Å². The van der Waals surface area contributed by atoms with Gasteiger partial charge in [0.2, 0.25) is 0 Å². The zero-order chi connectivity index (χ0) is 12.3. The average Bonchev–Trinajstić information content (AvgIpc) is 2.80. The molecule has 8 heteroatoms. The molecule has 1 fully saturated rings. The predicted octanol–water partition coefficient (Wildman–Crippen LogP) is 0.309. The average molecular weight is 295 g/mol. The molecule has 0 saturated carbocycles. The Morgan fingerprint density at radius 1 is 1.39 bits per heavy atom. The van der Waals surface area contributed by atoms with E-state index in [2.05, 4.69) is 10.4 Å². The lowest BCUT2D eigenvalue weighted by molar-refractivity contribution is 0.355. The molecule has 2 rings (SSSR count). The quantitative estimate of drug-likeness (QED) is 0.868. The van der Waals surface area contributed by atoms with Crippen LogP contribution in [0.1, 0.15) is 13.3 Å². The van der Waals surface area contributed by atoms with Crippen molar-refractivity contribution in [2.75, 3.05) is 26.2 Å². The van der Waals surface area contributed by atoms with Gasteiger partial charge in [-0.15, -0.1) is 12.4 Å². The summed E-state index contributed by atoms with van der Waals surface area (Å²) in [6.45, 7) is 5.11. The second kappa shape index (κ2) is 6.51. The first-order valence-corrected chi connectivity index (χ1v) is 7.33. The van der Waals surface area contributed by atoms with Crippen LogP contribution in [0.15, 0.2) is 17.3 Å². The van der Waals surface area contributed by atoms with Crippen molar-refractivity contribution in [1.82, 2.24) is 19.4 Å². The molecule has 1 aromatic heterocycles. The summed E-state index contributed by atoms with van der Waals surface area (Å²) in [4.78, 5) is 0. The lowest BCUT2D eigenvalue weighted by atomic mass is 10.4. The van der Waals surface area contributed by atoms with Crippen molar-refractivity contribution in [2.45, 2.75) is 24.9 Å². The molecule has 0 unspecified atom stereocenters. The van der Waals surface area contributed by atoms with Crippen LogP contribution in [0.5, 0.6) is 0 Å². The summed E-state index contributed by atoms with van der Waals surface area (Å²) >= 11 is 0. The van der Waals surface area contributed by atoms with E-state index in [1.54, 1.807) is 16.9 Å². The van der Waals surface area contributed by atoms with E-state index in [4.69, 9.17) is 0 Å². The molecule has 0 bridgehead atoms. The molecule has 1 aliphatic heterocycles. The monoisotopic (exact) mass is 294 g/mol. The highest BCUT2D eigenvalue weighted by Crippen LogP contribution is 2.15. The van der Waals surface area contributed by atoms with Gasteiger partial charge in [0.25, 0.3) is 10.0 Å². The fourth-order valence-electron chi connectivity index (χ4n) is 1.94. The van der Waals surface area contributed by atoms with Crippen molar-refractivity contribution >= 4 is 22.4 Å². The Morgan fingerprint density at radius 3 is 2.67 bits per heavy atom. The molecule has 1 aromatic rings. The molecule has 1 N–H and O–H groups in total. The van der Waals surface area contributed by atoms with Gasteiger partial charge in [-0.3, -0.25) is 4.68 Å². The molecule has 0 aromatic carbocycles. The molecule has 104 valence electrons. The molecule has 18 heavy (non-hydrogen) atoms. The second-order valence-electron chi connectivity index (χ2n) is 4.05. The summed E-state index contributed by atoms with van der Waals surface area (Å²) in [7, 11) is -3.38. The van der Waals surface area contributed by atoms with E-state index >= 15 is 0 Å². The number of hydrogen-bond donors (Lipinski definition) is 1. The van der Waals surface area contributed by atoms with Crippen LogP contribution < -0.4 is 5.32 Å². The molecule has 0 radical (unpaired) electrons. The molecule has 1 saturated heterocycles. The van der Waals surface area contributed by atoms with Crippen LogP contribution in [0.4, 0.5) is 0 Å². The van der Waals surface area contributed by atoms with Gasteiger partial charge in [0.05, 0.1) is 6.20 Å². The highest BCUT2D eigenvalue weighted by atomic mass is 35.5. The molecule has 2 heterocycles. The summed E-state index contributed by atoms with van der Waals surface area (Å²) in [6, 6.07) is 1.58. The predicted molar refractivity (Wildman–Crippen MR) is 71.4 cm³/mol. The molecular weight excluding hydrogens is 276 g/mol. The Morgan fingerprint density at radius 2 is 2.06 bits per heavy atom. The normalized spacial score (nSPS) is 17.4. The largest absolute Gasteiger partial charge is 0.314 e. The number of aryl methyl sites for hydroxylation is 1. The van der Waals surface area contributed by atoms with Gasteiger partial charge < -0.3 is 5.32 Å². The van der Waals surface area contributed by atoms with E-state index in [0.29, 0.717) is 37.7 Å². The lowest BCUT2D eigenvalue weighted by Crippen LogP contribution is -2.46. The highest BCUT2D eigenvalue weighted by Gasteiger charge is 2.28. The molecule has 1 aliphatic rings. The Bertz CT molecular complexity index is 468. The van der Waals surface area contributed by atoms with E-state index < -0.39 is 10.0 Å². The van der Waals surface area contributed by atoms with Gasteiger partial charge >= 0.3 is 0 Å². The fourth-order valence-corrected chi connectivity index (χ4v) is 3.50. The van der Waals surface area contributed by atoms with Gasteiger partial charge in [-0.1, -0.05) is 6.92 Å². The number of sulfonamides is 1. The number of piperazine rings is 1. The van der Waals surface area contributed by atoms with E-state index in [1.165, 1.54) is 4.31 Å². The van der Waals surface area contributed by atoms with E-state index in [0.717, 1.165) is 6.42 Å². The van der Waals surface area contributed by atoms with Gasteiger partial charge in [0.15, 0.2) is 5.03 Å². The summed E-state index contributed by atoms with van der Waals surface area (Å²) in [6.07, 6.45) is 2.41. The minimum absolute atomic E-state index is 0. The minimum Gasteiger partial charge on any atom is -0.314 e. The van der Waals surface area contributed by atoms with Crippen LogP contribution in [0.25, 0.3) is 0 Å². The van der Waals surface area contributed by atoms with Crippen molar-refractivity contribution in [2.24, 2.45) is 0 Å². The third-order valence-corrected chi connectivity index (χ3v) is 4.71. The van der Waals surface area contributed by atoms with Gasteiger partial charge in [-0.25, -0.2) is 8.42 Å². The molecule has 0 amide bonds.